The first-order valence-electron chi connectivity index (χ1n) is 5.97. The van der Waals surface area contributed by atoms with E-state index in [1.165, 1.54) is 31.6 Å². The Bertz CT molecular complexity index is 162. The molecule has 1 saturated heterocycles. The van der Waals surface area contributed by atoms with E-state index in [4.69, 9.17) is 0 Å². The van der Waals surface area contributed by atoms with Crippen molar-refractivity contribution >= 4 is 11.8 Å². The van der Waals surface area contributed by atoms with E-state index < -0.39 is 0 Å². The minimum Gasteiger partial charge on any atom is -0.312 e. The molecule has 1 aliphatic heterocycles. The number of thioether (sulfide) groups is 1. The van der Waals surface area contributed by atoms with Gasteiger partial charge in [0, 0.05) is 10.8 Å². The van der Waals surface area contributed by atoms with Gasteiger partial charge in [-0.25, -0.2) is 0 Å². The number of hydrogen-bond acceptors (Lipinski definition) is 2. The Balaban J connectivity index is 2.56. The highest BCUT2D eigenvalue weighted by Gasteiger charge is 2.38. The molecule has 1 N–H and O–H groups in total. The van der Waals surface area contributed by atoms with Crippen molar-refractivity contribution in [3.05, 3.63) is 0 Å². The van der Waals surface area contributed by atoms with Crippen molar-refractivity contribution in [2.75, 3.05) is 12.3 Å². The smallest absolute Gasteiger partial charge is 0.0287 e. The molecule has 2 atom stereocenters. The summed E-state index contributed by atoms with van der Waals surface area (Å²) in [5.41, 5.74) is 0. The van der Waals surface area contributed by atoms with Crippen LogP contribution >= 0.6 is 11.8 Å². The molecule has 14 heavy (non-hydrogen) atoms. The third-order valence-electron chi connectivity index (χ3n) is 3.19. The van der Waals surface area contributed by atoms with E-state index in [0.717, 1.165) is 5.92 Å². The quantitative estimate of drug-likeness (QED) is 0.755. The van der Waals surface area contributed by atoms with Gasteiger partial charge in [-0.05, 0) is 44.4 Å². The summed E-state index contributed by atoms with van der Waals surface area (Å²) in [5, 5.41) is 3.73. The predicted molar refractivity (Wildman–Crippen MR) is 67.0 cm³/mol. The molecular formula is C12H25NS. The Morgan fingerprint density at radius 3 is 2.57 bits per heavy atom. The first kappa shape index (κ1) is 12.4. The van der Waals surface area contributed by atoms with Crippen LogP contribution in [0.25, 0.3) is 0 Å². The van der Waals surface area contributed by atoms with Gasteiger partial charge < -0.3 is 5.32 Å². The summed E-state index contributed by atoms with van der Waals surface area (Å²) in [6.45, 7) is 10.5. The molecule has 84 valence electrons. The van der Waals surface area contributed by atoms with Crippen LogP contribution < -0.4 is 5.32 Å². The molecule has 2 heteroatoms. The van der Waals surface area contributed by atoms with E-state index >= 15 is 0 Å². The highest BCUT2D eigenvalue weighted by Crippen LogP contribution is 2.42. The molecule has 0 bridgehead atoms. The molecular weight excluding hydrogens is 190 g/mol. The standard InChI is InChI=1S/C12H25NS/c1-5-8-13-11(10(2)3)12(4)7-6-9-14-12/h10-11,13H,5-9H2,1-4H3. The maximum Gasteiger partial charge on any atom is 0.0287 e. The van der Waals surface area contributed by atoms with Gasteiger partial charge in [0.05, 0.1) is 0 Å². The molecule has 0 aromatic carbocycles. The van der Waals surface area contributed by atoms with Gasteiger partial charge >= 0.3 is 0 Å². The topological polar surface area (TPSA) is 12.0 Å². The van der Waals surface area contributed by atoms with E-state index in [1.54, 1.807) is 0 Å². The van der Waals surface area contributed by atoms with Crippen LogP contribution in [0.2, 0.25) is 0 Å². The summed E-state index contributed by atoms with van der Waals surface area (Å²) in [6.07, 6.45) is 4.03. The Labute approximate surface area is 93.4 Å². The van der Waals surface area contributed by atoms with Crippen LogP contribution in [-0.2, 0) is 0 Å². The molecule has 2 unspecified atom stereocenters. The average Bonchev–Trinajstić information content (AvgIpc) is 2.53. The maximum atomic E-state index is 3.73. The van der Waals surface area contributed by atoms with Gasteiger partial charge in [0.1, 0.15) is 0 Å². The predicted octanol–water partition coefficient (Wildman–Crippen LogP) is 3.30. The van der Waals surface area contributed by atoms with Crippen molar-refractivity contribution < 1.29 is 0 Å². The van der Waals surface area contributed by atoms with Crippen molar-refractivity contribution in [3.63, 3.8) is 0 Å². The number of nitrogens with one attached hydrogen (secondary N) is 1. The monoisotopic (exact) mass is 215 g/mol. The largest absolute Gasteiger partial charge is 0.312 e. The van der Waals surface area contributed by atoms with E-state index in [-0.39, 0.29) is 0 Å². The van der Waals surface area contributed by atoms with Crippen LogP contribution in [0.4, 0.5) is 0 Å². The van der Waals surface area contributed by atoms with Gasteiger partial charge in [0.15, 0.2) is 0 Å². The van der Waals surface area contributed by atoms with Crippen molar-refractivity contribution in [2.45, 2.75) is 57.7 Å². The molecule has 0 radical (unpaired) electrons. The first-order valence-corrected chi connectivity index (χ1v) is 6.96. The zero-order valence-electron chi connectivity index (χ0n) is 10.1. The fourth-order valence-corrected chi connectivity index (χ4v) is 4.08. The van der Waals surface area contributed by atoms with Crippen LogP contribution in [0.3, 0.4) is 0 Å². The van der Waals surface area contributed by atoms with Crippen molar-refractivity contribution in [2.24, 2.45) is 5.92 Å². The van der Waals surface area contributed by atoms with Gasteiger partial charge in [-0.2, -0.15) is 11.8 Å². The molecule has 0 aliphatic carbocycles. The van der Waals surface area contributed by atoms with Gasteiger partial charge in [0.2, 0.25) is 0 Å². The summed E-state index contributed by atoms with van der Waals surface area (Å²) in [7, 11) is 0. The van der Waals surface area contributed by atoms with Crippen LogP contribution in [-0.4, -0.2) is 23.1 Å². The molecule has 0 aromatic rings. The molecule has 0 spiro atoms. The Morgan fingerprint density at radius 2 is 2.14 bits per heavy atom. The van der Waals surface area contributed by atoms with Crippen molar-refractivity contribution in [1.82, 2.24) is 5.32 Å². The fourth-order valence-electron chi connectivity index (χ4n) is 2.50. The third kappa shape index (κ3) is 2.90. The highest BCUT2D eigenvalue weighted by molar-refractivity contribution is 8.00. The van der Waals surface area contributed by atoms with Gasteiger partial charge in [-0.3, -0.25) is 0 Å². The van der Waals surface area contributed by atoms with E-state index in [9.17, 15) is 0 Å². The second kappa shape index (κ2) is 5.41. The summed E-state index contributed by atoms with van der Waals surface area (Å²) in [4.78, 5) is 0. The summed E-state index contributed by atoms with van der Waals surface area (Å²) < 4.78 is 0.489. The van der Waals surface area contributed by atoms with Crippen LogP contribution in [0.5, 0.6) is 0 Å². The van der Waals surface area contributed by atoms with Gasteiger partial charge in [-0.1, -0.05) is 20.8 Å². The molecule has 0 aromatic heterocycles. The molecule has 0 amide bonds. The lowest BCUT2D eigenvalue weighted by Crippen LogP contribution is -2.49. The van der Waals surface area contributed by atoms with Gasteiger partial charge in [0.25, 0.3) is 0 Å². The van der Waals surface area contributed by atoms with Crippen LogP contribution in [0, 0.1) is 5.92 Å². The minimum absolute atomic E-state index is 0.489. The molecule has 1 rings (SSSR count). The van der Waals surface area contributed by atoms with Crippen LogP contribution in [0.1, 0.15) is 47.0 Å². The lowest BCUT2D eigenvalue weighted by molar-refractivity contribution is 0.321. The Morgan fingerprint density at radius 1 is 1.43 bits per heavy atom. The maximum absolute atomic E-state index is 3.73. The van der Waals surface area contributed by atoms with E-state index in [1.807, 2.05) is 0 Å². The molecule has 1 heterocycles. The lowest BCUT2D eigenvalue weighted by Gasteiger charge is -2.37. The second-order valence-electron chi connectivity index (χ2n) is 4.94. The van der Waals surface area contributed by atoms with E-state index in [2.05, 4.69) is 44.8 Å². The Hall–Kier alpha value is 0.310. The van der Waals surface area contributed by atoms with Crippen molar-refractivity contribution in [3.8, 4) is 0 Å². The SMILES string of the molecule is CCCNC(C(C)C)C1(C)CCCS1. The number of hydrogen-bond donors (Lipinski definition) is 1. The zero-order chi connectivity index (χ0) is 10.6. The molecule has 1 aliphatic rings. The molecule has 1 fully saturated rings. The van der Waals surface area contributed by atoms with Gasteiger partial charge in [-0.15, -0.1) is 0 Å². The average molecular weight is 215 g/mol. The highest BCUT2D eigenvalue weighted by atomic mass is 32.2. The normalized spacial score (nSPS) is 29.8. The molecule has 0 saturated carbocycles. The third-order valence-corrected chi connectivity index (χ3v) is 4.80. The number of rotatable bonds is 5. The van der Waals surface area contributed by atoms with E-state index in [0.29, 0.717) is 10.8 Å². The second-order valence-corrected chi connectivity index (χ2v) is 6.57. The Kier molecular flexibility index (Phi) is 4.78. The fraction of sp³-hybridized carbons (Fsp3) is 1.00. The summed E-state index contributed by atoms with van der Waals surface area (Å²) in [6, 6.07) is 0.690. The molecule has 1 nitrogen and oxygen atoms in total. The van der Waals surface area contributed by atoms with Crippen LogP contribution in [0.15, 0.2) is 0 Å². The lowest BCUT2D eigenvalue weighted by atomic mass is 9.88. The first-order chi connectivity index (χ1) is 6.60. The summed E-state index contributed by atoms with van der Waals surface area (Å²) >= 11 is 2.17. The summed E-state index contributed by atoms with van der Waals surface area (Å²) in [5.74, 6) is 2.10. The van der Waals surface area contributed by atoms with Crippen molar-refractivity contribution in [1.29, 1.82) is 0 Å². The zero-order valence-corrected chi connectivity index (χ0v) is 10.9. The minimum atomic E-state index is 0.489.